The Morgan fingerprint density at radius 1 is 1.12 bits per heavy atom. The van der Waals surface area contributed by atoms with E-state index in [4.69, 9.17) is 0 Å². The largest absolute Gasteiger partial charge is 0.352 e. The first-order valence-electron chi connectivity index (χ1n) is 7.36. The Kier molecular flexibility index (Phi) is 5.69. The molecule has 2 aromatic rings. The van der Waals surface area contributed by atoms with Crippen molar-refractivity contribution >= 4 is 15.9 Å². The van der Waals surface area contributed by atoms with Crippen LogP contribution in [0.2, 0.25) is 0 Å². The van der Waals surface area contributed by atoms with Gasteiger partial charge in [0.2, 0.25) is 10.0 Å². The first kappa shape index (κ1) is 18.1. The number of nitrogens with one attached hydrogen (secondary N) is 1. The minimum Gasteiger partial charge on any atom is -0.352 e. The molecule has 0 heterocycles. The van der Waals surface area contributed by atoms with Gasteiger partial charge in [-0.15, -0.1) is 0 Å². The molecule has 0 radical (unpaired) electrons. The number of halogens is 1. The Labute approximate surface area is 141 Å². The molecular formula is C17H19FN2O3S. The molecule has 1 N–H and O–H groups in total. The van der Waals surface area contributed by atoms with Crippen LogP contribution >= 0.6 is 0 Å². The van der Waals surface area contributed by atoms with Crippen LogP contribution < -0.4 is 5.32 Å². The average molecular weight is 350 g/mol. The van der Waals surface area contributed by atoms with Gasteiger partial charge in [-0.05, 0) is 48.4 Å². The summed E-state index contributed by atoms with van der Waals surface area (Å²) in [5.41, 5.74) is 1.16. The van der Waals surface area contributed by atoms with Gasteiger partial charge in [-0.1, -0.05) is 12.1 Å². The summed E-state index contributed by atoms with van der Waals surface area (Å²) < 4.78 is 38.1. The molecule has 0 saturated heterocycles. The Morgan fingerprint density at radius 3 is 2.38 bits per heavy atom. The quantitative estimate of drug-likeness (QED) is 0.867. The average Bonchev–Trinajstić information content (AvgIpc) is 2.55. The van der Waals surface area contributed by atoms with Crippen molar-refractivity contribution in [2.75, 3.05) is 20.6 Å². The molecule has 0 aliphatic heterocycles. The third-order valence-corrected chi connectivity index (χ3v) is 5.31. The summed E-state index contributed by atoms with van der Waals surface area (Å²) in [6.45, 7) is 0.361. The molecule has 0 aliphatic rings. The maximum Gasteiger partial charge on any atom is 0.251 e. The molecule has 0 unspecified atom stereocenters. The molecule has 7 heteroatoms. The van der Waals surface area contributed by atoms with Gasteiger partial charge in [0.15, 0.2) is 0 Å². The zero-order chi connectivity index (χ0) is 17.7. The van der Waals surface area contributed by atoms with Crippen molar-refractivity contribution < 1.29 is 17.6 Å². The van der Waals surface area contributed by atoms with Gasteiger partial charge in [0, 0.05) is 26.2 Å². The third-order valence-electron chi connectivity index (χ3n) is 3.48. The van der Waals surface area contributed by atoms with Crippen LogP contribution in [0.25, 0.3) is 0 Å². The number of sulfonamides is 1. The highest BCUT2D eigenvalue weighted by atomic mass is 32.2. The predicted octanol–water partition coefficient (Wildman–Crippen LogP) is 2.05. The first-order valence-corrected chi connectivity index (χ1v) is 8.80. The zero-order valence-electron chi connectivity index (χ0n) is 13.5. The molecule has 0 aliphatic carbocycles. The van der Waals surface area contributed by atoms with E-state index in [1.54, 1.807) is 12.1 Å². The number of nitrogens with zero attached hydrogens (tertiary/aromatic N) is 1. The smallest absolute Gasteiger partial charge is 0.251 e. The van der Waals surface area contributed by atoms with Crippen LogP contribution in [0.1, 0.15) is 15.9 Å². The first-order chi connectivity index (χ1) is 11.3. The minimum absolute atomic E-state index is 0.129. The summed E-state index contributed by atoms with van der Waals surface area (Å²) in [6.07, 6.45) is 0.511. The van der Waals surface area contributed by atoms with Crippen LogP contribution in [0.4, 0.5) is 4.39 Å². The van der Waals surface area contributed by atoms with Gasteiger partial charge < -0.3 is 5.32 Å². The van der Waals surface area contributed by atoms with Crippen LogP contribution in [0.3, 0.4) is 0 Å². The van der Waals surface area contributed by atoms with Crippen molar-refractivity contribution in [3.63, 3.8) is 0 Å². The van der Waals surface area contributed by atoms with Crippen molar-refractivity contribution in [2.24, 2.45) is 0 Å². The van der Waals surface area contributed by atoms with Gasteiger partial charge in [0.25, 0.3) is 5.91 Å². The lowest BCUT2D eigenvalue weighted by Crippen LogP contribution is -2.26. The van der Waals surface area contributed by atoms with Gasteiger partial charge in [-0.3, -0.25) is 4.79 Å². The van der Waals surface area contributed by atoms with E-state index in [0.717, 1.165) is 9.87 Å². The number of hydrogen-bond acceptors (Lipinski definition) is 3. The molecule has 1 amide bonds. The van der Waals surface area contributed by atoms with Crippen LogP contribution in [0.5, 0.6) is 0 Å². The van der Waals surface area contributed by atoms with Gasteiger partial charge >= 0.3 is 0 Å². The fourth-order valence-corrected chi connectivity index (χ4v) is 3.01. The lowest BCUT2D eigenvalue weighted by Gasteiger charge is -2.11. The molecule has 0 saturated carbocycles. The molecule has 0 bridgehead atoms. The van der Waals surface area contributed by atoms with Crippen molar-refractivity contribution in [1.82, 2.24) is 9.62 Å². The summed E-state index contributed by atoms with van der Waals surface area (Å²) in [7, 11) is -0.617. The van der Waals surface area contributed by atoms with Crippen molar-refractivity contribution in [3.05, 3.63) is 65.5 Å². The van der Waals surface area contributed by atoms with E-state index in [0.29, 0.717) is 18.5 Å². The summed E-state index contributed by atoms with van der Waals surface area (Å²) >= 11 is 0. The molecule has 5 nitrogen and oxygen atoms in total. The maximum absolute atomic E-state index is 13.1. The normalized spacial score (nSPS) is 11.5. The highest BCUT2D eigenvalue weighted by Gasteiger charge is 2.17. The molecule has 24 heavy (non-hydrogen) atoms. The Hall–Kier alpha value is -2.25. The number of rotatable bonds is 6. The molecule has 128 valence electrons. The maximum atomic E-state index is 13.1. The second kappa shape index (κ2) is 7.55. The fraction of sp³-hybridized carbons (Fsp3) is 0.235. The number of carbonyl (C=O) groups is 1. The number of carbonyl (C=O) groups excluding carboxylic acids is 1. The zero-order valence-corrected chi connectivity index (χ0v) is 14.3. The van der Waals surface area contributed by atoms with Crippen LogP contribution in [0, 0.1) is 5.82 Å². The van der Waals surface area contributed by atoms with Crippen molar-refractivity contribution in [1.29, 1.82) is 0 Å². The molecule has 0 atom stereocenters. The Balaban J connectivity index is 1.96. The molecule has 2 aromatic carbocycles. The van der Waals surface area contributed by atoms with Crippen LogP contribution in [-0.2, 0) is 16.4 Å². The summed E-state index contributed by atoms with van der Waals surface area (Å²) in [4.78, 5) is 12.2. The fourth-order valence-electron chi connectivity index (χ4n) is 2.10. The van der Waals surface area contributed by atoms with E-state index in [1.165, 1.54) is 50.5 Å². The molecule has 0 spiro atoms. The molecular weight excluding hydrogens is 331 g/mol. The van der Waals surface area contributed by atoms with Crippen LogP contribution in [0.15, 0.2) is 53.4 Å². The Bertz CT molecular complexity index is 818. The lowest BCUT2D eigenvalue weighted by atomic mass is 10.1. The minimum atomic E-state index is -3.51. The second-order valence-corrected chi connectivity index (χ2v) is 7.60. The molecule has 0 aromatic heterocycles. The highest BCUT2D eigenvalue weighted by molar-refractivity contribution is 7.89. The van der Waals surface area contributed by atoms with E-state index in [2.05, 4.69) is 5.32 Å². The third kappa shape index (κ3) is 4.39. The van der Waals surface area contributed by atoms with Crippen molar-refractivity contribution in [2.45, 2.75) is 11.3 Å². The van der Waals surface area contributed by atoms with E-state index >= 15 is 0 Å². The van der Waals surface area contributed by atoms with E-state index in [1.807, 2.05) is 0 Å². The van der Waals surface area contributed by atoms with Gasteiger partial charge in [0.1, 0.15) is 5.82 Å². The summed E-state index contributed by atoms with van der Waals surface area (Å²) in [5.74, 6) is -0.614. The summed E-state index contributed by atoms with van der Waals surface area (Å²) in [6, 6.07) is 11.9. The standard InChI is InChI=1S/C17H19FN2O3S/c1-20(2)24(22,23)16-8-6-14(7-9-16)17(21)19-11-10-13-4-3-5-15(18)12-13/h3-9,12H,10-11H2,1-2H3,(H,19,21). The van der Waals surface area contributed by atoms with E-state index < -0.39 is 10.0 Å². The molecule has 0 fully saturated rings. The second-order valence-electron chi connectivity index (χ2n) is 5.45. The van der Waals surface area contributed by atoms with Crippen molar-refractivity contribution in [3.8, 4) is 0 Å². The Morgan fingerprint density at radius 2 is 1.79 bits per heavy atom. The number of amides is 1. The topological polar surface area (TPSA) is 66.5 Å². The predicted molar refractivity (Wildman–Crippen MR) is 89.8 cm³/mol. The number of hydrogen-bond donors (Lipinski definition) is 1. The SMILES string of the molecule is CN(C)S(=O)(=O)c1ccc(C(=O)NCCc2cccc(F)c2)cc1. The summed E-state index contributed by atoms with van der Waals surface area (Å²) in [5, 5.41) is 2.73. The molecule has 2 rings (SSSR count). The lowest BCUT2D eigenvalue weighted by molar-refractivity contribution is 0.0954. The van der Waals surface area contributed by atoms with Gasteiger partial charge in [-0.25, -0.2) is 17.1 Å². The van der Waals surface area contributed by atoms with Crippen LogP contribution in [-0.4, -0.2) is 39.3 Å². The van der Waals surface area contributed by atoms with Gasteiger partial charge in [-0.2, -0.15) is 0 Å². The van der Waals surface area contributed by atoms with E-state index in [-0.39, 0.29) is 16.6 Å². The monoisotopic (exact) mass is 350 g/mol. The van der Waals surface area contributed by atoms with E-state index in [9.17, 15) is 17.6 Å². The highest BCUT2D eigenvalue weighted by Crippen LogP contribution is 2.14. The van der Waals surface area contributed by atoms with Gasteiger partial charge in [0.05, 0.1) is 4.90 Å². The number of benzene rings is 2.